The van der Waals surface area contributed by atoms with Crippen molar-refractivity contribution >= 4 is 15.9 Å². The van der Waals surface area contributed by atoms with Crippen molar-refractivity contribution in [3.63, 3.8) is 0 Å². The molecule has 1 saturated heterocycles. The van der Waals surface area contributed by atoms with Gasteiger partial charge in [0, 0.05) is 27.5 Å². The minimum Gasteiger partial charge on any atom is -0.317 e. The molecule has 1 aromatic heterocycles. The van der Waals surface area contributed by atoms with Gasteiger partial charge in [-0.15, -0.1) is 0 Å². The first-order valence-electron chi connectivity index (χ1n) is 7.10. The van der Waals surface area contributed by atoms with Crippen molar-refractivity contribution in [1.29, 1.82) is 0 Å². The van der Waals surface area contributed by atoms with Crippen molar-refractivity contribution in [2.24, 2.45) is 0 Å². The molecule has 0 unspecified atom stereocenters. The second kappa shape index (κ2) is 5.34. The molecule has 0 spiro atoms. The van der Waals surface area contributed by atoms with E-state index in [-0.39, 0.29) is 5.41 Å². The highest BCUT2D eigenvalue weighted by molar-refractivity contribution is 9.10. The van der Waals surface area contributed by atoms with Gasteiger partial charge in [0.25, 0.3) is 0 Å². The Hall–Kier alpha value is -1.13. The molecule has 0 radical (unpaired) electrons. The average Bonchev–Trinajstić information content (AvgIpc) is 2.88. The summed E-state index contributed by atoms with van der Waals surface area (Å²) in [7, 11) is 0. The van der Waals surface area contributed by atoms with Gasteiger partial charge in [0.05, 0.1) is 6.33 Å². The van der Waals surface area contributed by atoms with Crippen LogP contribution in [0.25, 0.3) is 5.69 Å². The Morgan fingerprint density at radius 3 is 2.70 bits per heavy atom. The summed E-state index contributed by atoms with van der Waals surface area (Å²) < 4.78 is 3.35. The summed E-state index contributed by atoms with van der Waals surface area (Å²) >= 11 is 3.59. The number of piperidine rings is 1. The van der Waals surface area contributed by atoms with Crippen LogP contribution in [0, 0.1) is 6.92 Å². The fourth-order valence-corrected chi connectivity index (χ4v) is 3.63. The van der Waals surface area contributed by atoms with Crippen molar-refractivity contribution in [1.82, 2.24) is 14.9 Å². The normalized spacial score (nSPS) is 18.1. The van der Waals surface area contributed by atoms with Crippen LogP contribution in [0.15, 0.2) is 35.2 Å². The van der Waals surface area contributed by atoms with Gasteiger partial charge in [-0.1, -0.05) is 22.9 Å². The van der Waals surface area contributed by atoms with Crippen LogP contribution in [0.1, 0.15) is 31.0 Å². The van der Waals surface area contributed by atoms with Crippen LogP contribution < -0.4 is 5.32 Å². The Labute approximate surface area is 128 Å². The van der Waals surface area contributed by atoms with E-state index in [1.807, 2.05) is 12.5 Å². The zero-order valence-corrected chi connectivity index (χ0v) is 13.6. The molecule has 3 rings (SSSR count). The largest absolute Gasteiger partial charge is 0.317 e. The minimum atomic E-state index is 0.206. The van der Waals surface area contributed by atoms with E-state index in [0.29, 0.717) is 0 Å². The topological polar surface area (TPSA) is 29.9 Å². The molecule has 4 heteroatoms. The quantitative estimate of drug-likeness (QED) is 0.910. The van der Waals surface area contributed by atoms with E-state index >= 15 is 0 Å². The van der Waals surface area contributed by atoms with Crippen LogP contribution in [-0.4, -0.2) is 22.6 Å². The predicted octanol–water partition coefficient (Wildman–Crippen LogP) is 3.58. The molecule has 2 aromatic rings. The van der Waals surface area contributed by atoms with E-state index in [1.54, 1.807) is 0 Å². The van der Waals surface area contributed by atoms with Gasteiger partial charge in [0.15, 0.2) is 0 Å². The molecule has 1 N–H and O–H groups in total. The number of nitrogens with one attached hydrogen (secondary N) is 1. The number of aryl methyl sites for hydroxylation is 1. The molecule has 2 heterocycles. The SMILES string of the molecule is Cc1cc(Br)cc(-n2cncc2C2(C)CCNCC2)c1. The Morgan fingerprint density at radius 2 is 2.00 bits per heavy atom. The number of benzene rings is 1. The molecule has 0 atom stereocenters. The van der Waals surface area contributed by atoms with Crippen molar-refractivity contribution in [3.8, 4) is 5.69 Å². The number of rotatable bonds is 2. The Balaban J connectivity index is 2.05. The molecule has 20 heavy (non-hydrogen) atoms. The lowest BCUT2D eigenvalue weighted by Gasteiger charge is -2.34. The van der Waals surface area contributed by atoms with E-state index in [1.165, 1.54) is 16.9 Å². The molecule has 0 saturated carbocycles. The zero-order chi connectivity index (χ0) is 14.2. The van der Waals surface area contributed by atoms with Crippen molar-refractivity contribution in [3.05, 3.63) is 46.5 Å². The second-order valence-electron chi connectivity index (χ2n) is 5.95. The molecular formula is C16H20BrN3. The van der Waals surface area contributed by atoms with Gasteiger partial charge in [-0.3, -0.25) is 0 Å². The van der Waals surface area contributed by atoms with Gasteiger partial charge in [-0.2, -0.15) is 0 Å². The van der Waals surface area contributed by atoms with Gasteiger partial charge in [0.2, 0.25) is 0 Å². The lowest BCUT2D eigenvalue weighted by Crippen LogP contribution is -2.38. The third-order valence-corrected chi connectivity index (χ3v) is 4.73. The summed E-state index contributed by atoms with van der Waals surface area (Å²) in [6, 6.07) is 6.50. The first-order chi connectivity index (χ1) is 9.58. The third-order valence-electron chi connectivity index (χ3n) is 4.27. The molecule has 1 aromatic carbocycles. The summed E-state index contributed by atoms with van der Waals surface area (Å²) in [6.45, 7) is 6.64. The lowest BCUT2D eigenvalue weighted by atomic mass is 9.78. The van der Waals surface area contributed by atoms with Gasteiger partial charge in [-0.25, -0.2) is 4.98 Å². The first kappa shape index (κ1) is 13.8. The summed E-state index contributed by atoms with van der Waals surface area (Å²) in [5.41, 5.74) is 3.96. The van der Waals surface area contributed by atoms with E-state index < -0.39 is 0 Å². The Kier molecular flexibility index (Phi) is 3.69. The zero-order valence-electron chi connectivity index (χ0n) is 12.0. The monoisotopic (exact) mass is 333 g/mol. The van der Waals surface area contributed by atoms with Crippen LogP contribution in [0.4, 0.5) is 0 Å². The van der Waals surface area contributed by atoms with Gasteiger partial charge in [0.1, 0.15) is 0 Å². The maximum atomic E-state index is 4.41. The molecular weight excluding hydrogens is 314 g/mol. The standard InChI is InChI=1S/C16H20BrN3/c1-12-7-13(17)9-14(8-12)20-11-19-10-15(20)16(2)3-5-18-6-4-16/h7-11,18H,3-6H2,1-2H3. The van der Waals surface area contributed by atoms with Crippen molar-refractivity contribution < 1.29 is 0 Å². The van der Waals surface area contributed by atoms with E-state index in [0.717, 1.165) is 30.4 Å². The lowest BCUT2D eigenvalue weighted by molar-refractivity contribution is 0.324. The summed E-state index contributed by atoms with van der Waals surface area (Å²) in [4.78, 5) is 4.41. The van der Waals surface area contributed by atoms with Gasteiger partial charge >= 0.3 is 0 Å². The van der Waals surface area contributed by atoms with Crippen LogP contribution in [0.2, 0.25) is 0 Å². The van der Waals surface area contributed by atoms with Crippen LogP contribution in [0.3, 0.4) is 0 Å². The fourth-order valence-electron chi connectivity index (χ4n) is 3.04. The molecule has 0 aliphatic carbocycles. The first-order valence-corrected chi connectivity index (χ1v) is 7.89. The van der Waals surface area contributed by atoms with E-state index in [4.69, 9.17) is 0 Å². The summed E-state index contributed by atoms with van der Waals surface area (Å²) in [6.07, 6.45) is 6.28. The maximum absolute atomic E-state index is 4.41. The number of nitrogens with zero attached hydrogens (tertiary/aromatic N) is 2. The predicted molar refractivity (Wildman–Crippen MR) is 85.5 cm³/mol. The summed E-state index contributed by atoms with van der Waals surface area (Å²) in [5, 5.41) is 3.44. The molecule has 0 amide bonds. The summed E-state index contributed by atoms with van der Waals surface area (Å²) in [5.74, 6) is 0. The number of hydrogen-bond acceptors (Lipinski definition) is 2. The highest BCUT2D eigenvalue weighted by atomic mass is 79.9. The number of aromatic nitrogens is 2. The minimum absolute atomic E-state index is 0.206. The highest BCUT2D eigenvalue weighted by Crippen LogP contribution is 2.34. The fraction of sp³-hybridized carbons (Fsp3) is 0.438. The number of imidazole rings is 1. The molecule has 3 nitrogen and oxygen atoms in total. The van der Waals surface area contributed by atoms with Crippen LogP contribution in [-0.2, 0) is 5.41 Å². The Morgan fingerprint density at radius 1 is 1.25 bits per heavy atom. The smallest absolute Gasteiger partial charge is 0.0994 e. The van der Waals surface area contributed by atoms with Gasteiger partial charge < -0.3 is 9.88 Å². The second-order valence-corrected chi connectivity index (χ2v) is 6.86. The van der Waals surface area contributed by atoms with Crippen LogP contribution >= 0.6 is 15.9 Å². The van der Waals surface area contributed by atoms with Gasteiger partial charge in [-0.05, 0) is 56.6 Å². The van der Waals surface area contributed by atoms with E-state index in [9.17, 15) is 0 Å². The van der Waals surface area contributed by atoms with Crippen LogP contribution in [0.5, 0.6) is 0 Å². The Bertz CT molecular complexity index is 592. The molecule has 1 aliphatic rings. The average molecular weight is 334 g/mol. The number of hydrogen-bond donors (Lipinski definition) is 1. The highest BCUT2D eigenvalue weighted by Gasteiger charge is 2.31. The van der Waals surface area contributed by atoms with Crippen molar-refractivity contribution in [2.75, 3.05) is 13.1 Å². The molecule has 1 fully saturated rings. The van der Waals surface area contributed by atoms with E-state index in [2.05, 4.69) is 62.8 Å². The maximum Gasteiger partial charge on any atom is 0.0994 e. The molecule has 1 aliphatic heterocycles. The van der Waals surface area contributed by atoms with Crippen molar-refractivity contribution in [2.45, 2.75) is 32.1 Å². The molecule has 106 valence electrons. The third kappa shape index (κ3) is 2.54. The molecule has 0 bridgehead atoms. The number of halogens is 1.